The lowest BCUT2D eigenvalue weighted by Gasteiger charge is -2.08. The first kappa shape index (κ1) is 13.2. The van der Waals surface area contributed by atoms with E-state index in [2.05, 4.69) is 0 Å². The first-order valence-electron chi connectivity index (χ1n) is 4.07. The second kappa shape index (κ2) is 6.64. The van der Waals surface area contributed by atoms with Gasteiger partial charge in [-0.2, -0.15) is 11.8 Å². The molecule has 0 aliphatic rings. The Morgan fingerprint density at radius 3 is 2.62 bits per heavy atom. The Kier molecular flexibility index (Phi) is 6.75. The lowest BCUT2D eigenvalue weighted by molar-refractivity contribution is 0.279. The van der Waals surface area contributed by atoms with Crippen molar-refractivity contribution in [1.29, 1.82) is 0 Å². The molecule has 4 nitrogen and oxygen atoms in total. The van der Waals surface area contributed by atoms with Crippen LogP contribution < -0.4 is 5.73 Å². The van der Waals surface area contributed by atoms with Gasteiger partial charge < -0.3 is 10.8 Å². The van der Waals surface area contributed by atoms with E-state index in [0.29, 0.717) is 17.9 Å². The molecule has 0 aromatic heterocycles. The van der Waals surface area contributed by atoms with Crippen LogP contribution in [0.15, 0.2) is 0 Å². The molecule has 0 aromatic carbocycles. The van der Waals surface area contributed by atoms with E-state index in [1.807, 2.05) is 0 Å². The molecule has 0 aliphatic carbocycles. The van der Waals surface area contributed by atoms with E-state index in [0.717, 1.165) is 0 Å². The molecule has 1 atom stereocenters. The van der Waals surface area contributed by atoms with Gasteiger partial charge in [0, 0.05) is 30.4 Å². The zero-order valence-corrected chi connectivity index (χ0v) is 9.40. The summed E-state index contributed by atoms with van der Waals surface area (Å²) in [5.74, 6) is 1.48. The van der Waals surface area contributed by atoms with Crippen LogP contribution in [0.1, 0.15) is 6.42 Å². The van der Waals surface area contributed by atoms with Gasteiger partial charge in [-0.1, -0.05) is 0 Å². The Balaban J connectivity index is 3.36. The molecule has 3 N–H and O–H groups in total. The van der Waals surface area contributed by atoms with Gasteiger partial charge in [0.15, 0.2) is 0 Å². The van der Waals surface area contributed by atoms with E-state index in [-0.39, 0.29) is 18.4 Å². The van der Waals surface area contributed by atoms with Gasteiger partial charge in [0.1, 0.15) is 9.84 Å². The van der Waals surface area contributed by atoms with Gasteiger partial charge in [0.05, 0.1) is 5.75 Å². The van der Waals surface area contributed by atoms with Crippen molar-refractivity contribution < 1.29 is 13.5 Å². The summed E-state index contributed by atoms with van der Waals surface area (Å²) < 4.78 is 21.4. The average molecular weight is 227 g/mol. The molecule has 0 heterocycles. The van der Waals surface area contributed by atoms with E-state index in [1.165, 1.54) is 18.0 Å². The van der Waals surface area contributed by atoms with Gasteiger partial charge in [-0.05, 0) is 6.42 Å². The maximum Gasteiger partial charge on any atom is 0.148 e. The smallest absolute Gasteiger partial charge is 0.148 e. The second-order valence-electron chi connectivity index (χ2n) is 2.98. The highest BCUT2D eigenvalue weighted by molar-refractivity contribution is 8.00. The topological polar surface area (TPSA) is 80.4 Å². The number of sulfone groups is 1. The van der Waals surface area contributed by atoms with Crippen LogP contribution in [0.5, 0.6) is 0 Å². The Morgan fingerprint density at radius 1 is 1.54 bits per heavy atom. The number of hydrogen-bond donors (Lipinski definition) is 2. The minimum Gasteiger partial charge on any atom is -0.396 e. The molecule has 0 spiro atoms. The van der Waals surface area contributed by atoms with Crippen LogP contribution in [0.3, 0.4) is 0 Å². The summed E-state index contributed by atoms with van der Waals surface area (Å²) in [6.07, 6.45) is 1.80. The Bertz CT molecular complexity index is 216. The number of nitrogens with two attached hydrogens (primary N) is 1. The third kappa shape index (κ3) is 10.1. The van der Waals surface area contributed by atoms with Crippen LogP contribution in [-0.2, 0) is 9.84 Å². The largest absolute Gasteiger partial charge is 0.396 e. The van der Waals surface area contributed by atoms with E-state index in [1.54, 1.807) is 0 Å². The normalized spacial score (nSPS) is 14.4. The van der Waals surface area contributed by atoms with Crippen LogP contribution in [0.4, 0.5) is 0 Å². The summed E-state index contributed by atoms with van der Waals surface area (Å²) in [6.45, 7) is 0.0911. The highest BCUT2D eigenvalue weighted by Crippen LogP contribution is 2.04. The summed E-state index contributed by atoms with van der Waals surface area (Å²) in [7, 11) is -2.85. The van der Waals surface area contributed by atoms with E-state index < -0.39 is 9.84 Å². The van der Waals surface area contributed by atoms with Crippen LogP contribution >= 0.6 is 11.8 Å². The predicted molar refractivity (Wildman–Crippen MR) is 56.7 cm³/mol. The molecule has 0 fully saturated rings. The summed E-state index contributed by atoms with van der Waals surface area (Å²) >= 11 is 1.51. The Labute approximate surface area is 83.8 Å². The van der Waals surface area contributed by atoms with Crippen molar-refractivity contribution in [2.75, 3.05) is 30.1 Å². The monoisotopic (exact) mass is 227 g/mol. The SMILES string of the molecule is CS(=O)(=O)CCSCC(N)CCO. The standard InChI is InChI=1S/C7H17NO3S2/c1-13(10,11)5-4-12-6-7(8)2-3-9/h7,9H,2-6,8H2,1H3. The highest BCUT2D eigenvalue weighted by atomic mass is 32.2. The van der Waals surface area contributed by atoms with E-state index in [4.69, 9.17) is 10.8 Å². The molecular weight excluding hydrogens is 210 g/mol. The summed E-state index contributed by atoms with van der Waals surface area (Å²) in [6, 6.07) is -0.0328. The zero-order valence-electron chi connectivity index (χ0n) is 7.77. The number of rotatable bonds is 7. The Hall–Kier alpha value is 0.220. The van der Waals surface area contributed by atoms with Gasteiger partial charge in [-0.3, -0.25) is 0 Å². The summed E-state index contributed by atoms with van der Waals surface area (Å²) in [5, 5.41) is 8.54. The number of aliphatic hydroxyl groups is 1. The maximum absolute atomic E-state index is 10.7. The van der Waals surface area contributed by atoms with Crippen LogP contribution in [-0.4, -0.2) is 49.7 Å². The predicted octanol–water partition coefficient (Wildman–Crippen LogP) is -0.526. The van der Waals surface area contributed by atoms with Crippen molar-refractivity contribution in [3.8, 4) is 0 Å². The molecule has 6 heteroatoms. The lowest BCUT2D eigenvalue weighted by atomic mass is 10.3. The molecule has 1 unspecified atom stereocenters. The third-order valence-corrected chi connectivity index (χ3v) is 3.79. The molecule has 13 heavy (non-hydrogen) atoms. The van der Waals surface area contributed by atoms with Crippen LogP contribution in [0.2, 0.25) is 0 Å². The summed E-state index contributed by atoms with van der Waals surface area (Å²) in [5.41, 5.74) is 5.60. The van der Waals surface area contributed by atoms with Gasteiger partial charge in [-0.15, -0.1) is 0 Å². The molecule has 0 bridgehead atoms. The molecule has 0 rings (SSSR count). The minimum absolute atomic E-state index is 0.0328. The number of hydrogen-bond acceptors (Lipinski definition) is 5. The molecule has 0 aromatic rings. The highest BCUT2D eigenvalue weighted by Gasteiger charge is 2.04. The van der Waals surface area contributed by atoms with Crippen LogP contribution in [0.25, 0.3) is 0 Å². The van der Waals surface area contributed by atoms with E-state index >= 15 is 0 Å². The lowest BCUT2D eigenvalue weighted by Crippen LogP contribution is -2.24. The maximum atomic E-state index is 10.7. The Morgan fingerprint density at radius 2 is 2.15 bits per heavy atom. The van der Waals surface area contributed by atoms with Crippen molar-refractivity contribution in [1.82, 2.24) is 0 Å². The fourth-order valence-corrected chi connectivity index (χ4v) is 3.01. The fraction of sp³-hybridized carbons (Fsp3) is 1.00. The zero-order chi connectivity index (χ0) is 10.3. The number of thioether (sulfide) groups is 1. The van der Waals surface area contributed by atoms with Gasteiger partial charge in [-0.25, -0.2) is 8.42 Å². The molecule has 0 aliphatic heterocycles. The van der Waals surface area contributed by atoms with Gasteiger partial charge in [0.25, 0.3) is 0 Å². The molecule has 80 valence electrons. The van der Waals surface area contributed by atoms with Gasteiger partial charge in [0.2, 0.25) is 0 Å². The molecule has 0 amide bonds. The molecule has 0 saturated heterocycles. The van der Waals surface area contributed by atoms with Crippen molar-refractivity contribution in [2.45, 2.75) is 12.5 Å². The van der Waals surface area contributed by atoms with Crippen LogP contribution in [0, 0.1) is 0 Å². The fourth-order valence-electron chi connectivity index (χ4n) is 0.694. The third-order valence-electron chi connectivity index (χ3n) is 1.43. The number of aliphatic hydroxyl groups excluding tert-OH is 1. The van der Waals surface area contributed by atoms with Crippen molar-refractivity contribution in [3.05, 3.63) is 0 Å². The second-order valence-corrected chi connectivity index (χ2v) is 6.39. The van der Waals surface area contributed by atoms with Crippen molar-refractivity contribution in [2.24, 2.45) is 5.73 Å². The van der Waals surface area contributed by atoms with Gasteiger partial charge >= 0.3 is 0 Å². The molecule has 0 saturated carbocycles. The average Bonchev–Trinajstić information content (AvgIpc) is 1.97. The first-order chi connectivity index (χ1) is 5.95. The first-order valence-corrected chi connectivity index (χ1v) is 7.29. The van der Waals surface area contributed by atoms with E-state index in [9.17, 15) is 8.42 Å². The minimum atomic E-state index is -2.85. The van der Waals surface area contributed by atoms with Crippen molar-refractivity contribution >= 4 is 21.6 Å². The molecule has 0 radical (unpaired) electrons. The van der Waals surface area contributed by atoms with Crippen molar-refractivity contribution in [3.63, 3.8) is 0 Å². The quantitative estimate of drug-likeness (QED) is 0.572. The summed E-state index contributed by atoms with van der Waals surface area (Å²) in [4.78, 5) is 0. The molecular formula is C7H17NO3S2.